The maximum Gasteiger partial charge on any atom is 0.330 e. The number of nitrogen functional groups attached to an aromatic ring is 1. The highest BCUT2D eigenvalue weighted by Crippen LogP contribution is 2.52. The largest absolute Gasteiger partial charge is 0.385 e. The summed E-state index contributed by atoms with van der Waals surface area (Å²) in [6, 6.07) is 1.37. The fourth-order valence-electron chi connectivity index (χ4n) is 4.02. The van der Waals surface area contributed by atoms with Crippen LogP contribution in [0.3, 0.4) is 0 Å². The van der Waals surface area contributed by atoms with Gasteiger partial charge in [0, 0.05) is 12.1 Å². The van der Waals surface area contributed by atoms with E-state index in [0.717, 1.165) is 11.8 Å². The van der Waals surface area contributed by atoms with Crippen LogP contribution in [0.1, 0.15) is 38.6 Å². The second kappa shape index (κ2) is 4.00. The lowest BCUT2D eigenvalue weighted by Crippen LogP contribution is -2.36. The molecule has 0 saturated heterocycles. The molecular weight excluding hydrogens is 230 g/mol. The third-order valence-electron chi connectivity index (χ3n) is 4.83. The molecule has 0 aliphatic heterocycles. The van der Waals surface area contributed by atoms with E-state index in [4.69, 9.17) is 5.73 Å². The van der Waals surface area contributed by atoms with Gasteiger partial charge in [-0.2, -0.15) is 0 Å². The Morgan fingerprint density at radius 3 is 2.72 bits per heavy atom. The second-order valence-electron chi connectivity index (χ2n) is 5.81. The fourth-order valence-corrected chi connectivity index (χ4v) is 4.02. The Morgan fingerprint density at radius 1 is 1.39 bits per heavy atom. The molecule has 1 heterocycles. The molecule has 98 valence electrons. The molecule has 1 aromatic heterocycles. The van der Waals surface area contributed by atoms with Gasteiger partial charge in [-0.1, -0.05) is 6.42 Å². The van der Waals surface area contributed by atoms with Crippen LogP contribution in [-0.2, 0) is 0 Å². The molecule has 18 heavy (non-hydrogen) atoms. The van der Waals surface area contributed by atoms with Crippen LogP contribution in [0, 0.1) is 17.8 Å². The van der Waals surface area contributed by atoms with E-state index in [1.54, 1.807) is 4.57 Å². The van der Waals surface area contributed by atoms with Gasteiger partial charge in [-0.3, -0.25) is 14.3 Å². The van der Waals surface area contributed by atoms with Gasteiger partial charge in [0.2, 0.25) is 0 Å². The van der Waals surface area contributed by atoms with Crippen molar-refractivity contribution in [2.24, 2.45) is 17.8 Å². The van der Waals surface area contributed by atoms with Crippen molar-refractivity contribution in [3.05, 3.63) is 26.9 Å². The number of nitrogens with one attached hydrogen (secondary N) is 1. The van der Waals surface area contributed by atoms with Crippen molar-refractivity contribution in [2.45, 2.75) is 38.6 Å². The van der Waals surface area contributed by atoms with Crippen molar-refractivity contribution in [3.8, 4) is 0 Å². The Labute approximate surface area is 105 Å². The highest BCUT2D eigenvalue weighted by Gasteiger charge is 2.42. The van der Waals surface area contributed by atoms with Crippen molar-refractivity contribution in [1.82, 2.24) is 9.55 Å². The van der Waals surface area contributed by atoms with Gasteiger partial charge in [0.1, 0.15) is 5.82 Å². The first kappa shape index (κ1) is 11.6. The van der Waals surface area contributed by atoms with E-state index >= 15 is 0 Å². The lowest BCUT2D eigenvalue weighted by Gasteiger charge is -2.29. The number of fused-ring (bicyclic) bond motifs is 2. The van der Waals surface area contributed by atoms with Gasteiger partial charge in [0.15, 0.2) is 0 Å². The van der Waals surface area contributed by atoms with Crippen molar-refractivity contribution >= 4 is 5.82 Å². The quantitative estimate of drug-likeness (QED) is 0.824. The minimum atomic E-state index is -0.422. The maximum atomic E-state index is 11.9. The number of nitrogens with two attached hydrogens (primary N) is 1. The standard InChI is InChI=1S/C13H19N3O2/c1-7(10-5-8-2-3-9(10)4-8)16-11(14)6-12(17)15-13(16)18/h6-10H,2-5,14H2,1H3,(H,15,17,18)/t7-,8-,9-,10+/m1/s1. The predicted octanol–water partition coefficient (Wildman–Crippen LogP) is 1.12. The summed E-state index contributed by atoms with van der Waals surface area (Å²) in [5.41, 5.74) is 5.03. The van der Waals surface area contributed by atoms with Crippen molar-refractivity contribution in [3.63, 3.8) is 0 Å². The van der Waals surface area contributed by atoms with E-state index in [-0.39, 0.29) is 17.5 Å². The number of H-pyrrole nitrogens is 1. The molecule has 2 fully saturated rings. The van der Waals surface area contributed by atoms with Crippen LogP contribution in [0.25, 0.3) is 0 Å². The molecule has 4 atom stereocenters. The highest BCUT2D eigenvalue weighted by atomic mass is 16.2. The van der Waals surface area contributed by atoms with Crippen molar-refractivity contribution in [2.75, 3.05) is 5.73 Å². The zero-order chi connectivity index (χ0) is 12.9. The Morgan fingerprint density at radius 2 is 2.17 bits per heavy atom. The van der Waals surface area contributed by atoms with E-state index in [1.165, 1.54) is 31.7 Å². The molecule has 0 radical (unpaired) electrons. The number of rotatable bonds is 2. The van der Waals surface area contributed by atoms with Gasteiger partial charge < -0.3 is 5.73 Å². The molecule has 3 rings (SSSR count). The second-order valence-corrected chi connectivity index (χ2v) is 5.81. The van der Waals surface area contributed by atoms with Crippen LogP contribution in [0.2, 0.25) is 0 Å². The van der Waals surface area contributed by atoms with Gasteiger partial charge in [0.05, 0.1) is 0 Å². The monoisotopic (exact) mass is 249 g/mol. The van der Waals surface area contributed by atoms with E-state index in [0.29, 0.717) is 5.92 Å². The van der Waals surface area contributed by atoms with Crippen molar-refractivity contribution in [1.29, 1.82) is 0 Å². The molecule has 0 spiro atoms. The Bertz CT molecular complexity index is 574. The predicted molar refractivity (Wildman–Crippen MR) is 69.4 cm³/mol. The van der Waals surface area contributed by atoms with E-state index in [2.05, 4.69) is 4.98 Å². The summed E-state index contributed by atoms with van der Waals surface area (Å²) in [6.45, 7) is 2.04. The third kappa shape index (κ3) is 1.69. The molecule has 2 bridgehead atoms. The van der Waals surface area contributed by atoms with Gasteiger partial charge >= 0.3 is 5.69 Å². The Kier molecular flexibility index (Phi) is 2.57. The first-order valence-corrected chi connectivity index (χ1v) is 6.67. The van der Waals surface area contributed by atoms with Crippen LogP contribution in [0.5, 0.6) is 0 Å². The number of anilines is 1. The maximum absolute atomic E-state index is 11.9. The zero-order valence-electron chi connectivity index (χ0n) is 10.6. The van der Waals surface area contributed by atoms with Gasteiger partial charge in [0.25, 0.3) is 5.56 Å². The summed E-state index contributed by atoms with van der Waals surface area (Å²) in [4.78, 5) is 25.4. The van der Waals surface area contributed by atoms with Gasteiger partial charge in [-0.25, -0.2) is 4.79 Å². The number of nitrogens with zero attached hydrogens (tertiary/aromatic N) is 1. The summed E-state index contributed by atoms with van der Waals surface area (Å²) in [7, 11) is 0. The Hall–Kier alpha value is -1.52. The topological polar surface area (TPSA) is 80.9 Å². The molecule has 0 unspecified atom stereocenters. The van der Waals surface area contributed by atoms with Crippen LogP contribution in [0.4, 0.5) is 5.82 Å². The summed E-state index contributed by atoms with van der Waals surface area (Å²) in [5, 5.41) is 0. The number of hydrogen-bond acceptors (Lipinski definition) is 3. The summed E-state index contributed by atoms with van der Waals surface area (Å²) in [5.74, 6) is 2.36. The molecule has 2 aliphatic rings. The summed E-state index contributed by atoms with van der Waals surface area (Å²) < 4.78 is 1.55. The van der Waals surface area contributed by atoms with E-state index < -0.39 is 5.56 Å². The lowest BCUT2D eigenvalue weighted by molar-refractivity contribution is 0.239. The first-order chi connectivity index (χ1) is 8.56. The number of hydrogen-bond donors (Lipinski definition) is 2. The van der Waals surface area contributed by atoms with E-state index in [9.17, 15) is 9.59 Å². The number of aromatic nitrogens is 2. The van der Waals surface area contributed by atoms with Crippen LogP contribution in [0.15, 0.2) is 15.7 Å². The molecule has 2 saturated carbocycles. The van der Waals surface area contributed by atoms with Crippen LogP contribution >= 0.6 is 0 Å². The average Bonchev–Trinajstić information content (AvgIpc) is 2.88. The molecule has 0 amide bonds. The fraction of sp³-hybridized carbons (Fsp3) is 0.692. The molecule has 5 heteroatoms. The minimum Gasteiger partial charge on any atom is -0.385 e. The molecular formula is C13H19N3O2. The summed E-state index contributed by atoms with van der Waals surface area (Å²) >= 11 is 0. The molecule has 3 N–H and O–H groups in total. The third-order valence-corrected chi connectivity index (χ3v) is 4.83. The smallest absolute Gasteiger partial charge is 0.330 e. The van der Waals surface area contributed by atoms with Gasteiger partial charge in [-0.15, -0.1) is 0 Å². The van der Waals surface area contributed by atoms with Gasteiger partial charge in [-0.05, 0) is 43.9 Å². The normalized spacial score (nSPS) is 31.7. The highest BCUT2D eigenvalue weighted by molar-refractivity contribution is 5.27. The van der Waals surface area contributed by atoms with Crippen LogP contribution in [-0.4, -0.2) is 9.55 Å². The van der Waals surface area contributed by atoms with Crippen molar-refractivity contribution < 1.29 is 0 Å². The molecule has 5 nitrogen and oxygen atoms in total. The average molecular weight is 249 g/mol. The first-order valence-electron chi connectivity index (χ1n) is 6.67. The number of aromatic amines is 1. The zero-order valence-corrected chi connectivity index (χ0v) is 10.6. The lowest BCUT2D eigenvalue weighted by atomic mass is 9.84. The molecule has 0 aromatic carbocycles. The SMILES string of the molecule is C[C@H]([C@@H]1C[C@@H]2CC[C@@H]1C2)n1c(N)cc(=O)[nH]c1=O. The molecule has 2 aliphatic carbocycles. The van der Waals surface area contributed by atoms with E-state index in [1.807, 2.05) is 6.92 Å². The minimum absolute atomic E-state index is 0.0737. The Balaban J connectivity index is 1.96. The molecule has 1 aromatic rings. The summed E-state index contributed by atoms with van der Waals surface area (Å²) in [6.07, 6.45) is 5.10. The van der Waals surface area contributed by atoms with Crippen LogP contribution < -0.4 is 17.0 Å².